The molecule has 0 aromatic carbocycles. The van der Waals surface area contributed by atoms with Gasteiger partial charge in [0.15, 0.2) is 0 Å². The fourth-order valence-electron chi connectivity index (χ4n) is 2.03. The van der Waals surface area contributed by atoms with Gasteiger partial charge in [-0.2, -0.15) is 0 Å². The van der Waals surface area contributed by atoms with Crippen LogP contribution in [0.4, 0.5) is 0 Å². The van der Waals surface area contributed by atoms with Crippen LogP contribution in [-0.2, 0) is 4.79 Å². The Morgan fingerprint density at radius 2 is 2.36 bits per heavy atom. The van der Waals surface area contributed by atoms with Gasteiger partial charge in [0.2, 0.25) is 0 Å². The molecule has 0 amide bonds. The van der Waals surface area contributed by atoms with Gasteiger partial charge in [-0.15, -0.1) is 0 Å². The average Bonchev–Trinajstić information content (AvgIpc) is 2.19. The number of rotatable bonds is 5. The van der Waals surface area contributed by atoms with Crippen molar-refractivity contribution in [1.29, 1.82) is 0 Å². The lowest BCUT2D eigenvalue weighted by Crippen LogP contribution is -2.46. The third-order valence-electron chi connectivity index (χ3n) is 2.76. The summed E-state index contributed by atoms with van der Waals surface area (Å²) in [5.74, 6) is -0.524. The van der Waals surface area contributed by atoms with Gasteiger partial charge in [-0.05, 0) is 31.7 Å². The normalized spacial score (nSPS) is 27.2. The minimum atomic E-state index is -0.748. The number of carboxylic acid groups (broad SMARTS) is 1. The van der Waals surface area contributed by atoms with Crippen molar-refractivity contribution in [3.8, 4) is 0 Å². The van der Waals surface area contributed by atoms with E-state index in [1.807, 2.05) is 0 Å². The van der Waals surface area contributed by atoms with Gasteiger partial charge in [0.1, 0.15) is 6.04 Å². The first kappa shape index (κ1) is 11.5. The minimum Gasteiger partial charge on any atom is -0.480 e. The van der Waals surface area contributed by atoms with Crippen LogP contribution in [0.1, 0.15) is 25.7 Å². The summed E-state index contributed by atoms with van der Waals surface area (Å²) in [4.78, 5) is 10.9. The van der Waals surface area contributed by atoms with Crippen molar-refractivity contribution in [1.82, 2.24) is 5.32 Å². The highest BCUT2D eigenvalue weighted by Gasteiger charge is 2.29. The summed E-state index contributed by atoms with van der Waals surface area (Å²) in [6, 6.07) is -0.387. The van der Waals surface area contributed by atoms with Gasteiger partial charge in [-0.25, -0.2) is 0 Å². The second kappa shape index (κ2) is 6.04. The van der Waals surface area contributed by atoms with E-state index in [4.69, 9.17) is 10.1 Å². The molecule has 1 fully saturated rings. The Hall–Kier alpha value is -0.545. The lowest BCUT2D eigenvalue weighted by atomic mass is 9.83. The molecule has 1 heterocycles. The first-order valence-electron chi connectivity index (χ1n) is 5.17. The second-order valence-corrected chi connectivity index (χ2v) is 3.79. The van der Waals surface area contributed by atoms with Crippen molar-refractivity contribution in [2.45, 2.75) is 38.0 Å². The van der Waals surface area contributed by atoms with E-state index in [-0.39, 0.29) is 12.0 Å². The predicted molar refractivity (Wildman–Crippen MR) is 54.2 cm³/mol. The second-order valence-electron chi connectivity index (χ2n) is 3.79. The highest BCUT2D eigenvalue weighted by molar-refractivity contribution is 6.25. The molecule has 2 unspecified atom stereocenters. The van der Waals surface area contributed by atoms with E-state index >= 15 is 0 Å². The van der Waals surface area contributed by atoms with Gasteiger partial charge in [-0.3, -0.25) is 4.79 Å². The van der Waals surface area contributed by atoms with E-state index in [0.717, 1.165) is 39.7 Å². The summed E-state index contributed by atoms with van der Waals surface area (Å²) >= 11 is 0. The van der Waals surface area contributed by atoms with Crippen LogP contribution in [0.15, 0.2) is 0 Å². The summed E-state index contributed by atoms with van der Waals surface area (Å²) in [5, 5.41) is 20.5. The lowest BCUT2D eigenvalue weighted by Gasteiger charge is -2.29. The topological polar surface area (TPSA) is 69.6 Å². The molecule has 1 aliphatic heterocycles. The van der Waals surface area contributed by atoms with Crippen molar-refractivity contribution in [2.24, 2.45) is 5.92 Å². The maximum absolute atomic E-state index is 10.9. The third-order valence-corrected chi connectivity index (χ3v) is 2.76. The molecule has 3 N–H and O–H groups in total. The fraction of sp³-hybridized carbons (Fsp3) is 0.889. The summed E-state index contributed by atoms with van der Waals surface area (Å²) in [6.07, 6.45) is 4.43. The van der Waals surface area contributed by atoms with Gasteiger partial charge in [-0.1, -0.05) is 12.7 Å². The van der Waals surface area contributed by atoms with Crippen LogP contribution < -0.4 is 5.32 Å². The van der Waals surface area contributed by atoms with Crippen molar-refractivity contribution >= 4 is 13.5 Å². The molecule has 0 saturated carbocycles. The summed E-state index contributed by atoms with van der Waals surface area (Å²) in [6.45, 7) is 0.805. The van der Waals surface area contributed by atoms with Gasteiger partial charge in [0.05, 0.1) is 0 Å². The largest absolute Gasteiger partial charge is 0.480 e. The number of carbonyl (C=O) groups is 1. The van der Waals surface area contributed by atoms with Crippen molar-refractivity contribution in [3.05, 3.63) is 0 Å². The zero-order valence-electron chi connectivity index (χ0n) is 8.28. The quantitative estimate of drug-likeness (QED) is 0.437. The molecule has 0 bridgehead atoms. The van der Waals surface area contributed by atoms with Crippen LogP contribution in [0.25, 0.3) is 0 Å². The number of nitrogens with one attached hydrogen (secondary N) is 1. The Bertz CT molecular complexity index is 189. The van der Waals surface area contributed by atoms with E-state index < -0.39 is 5.97 Å². The molecule has 5 heteroatoms. The Labute approximate surface area is 85.0 Å². The standard InChI is InChI=1S/C9H17BNO3/c12-9(13)8-7(3-1-5-10-14)4-2-6-11-8/h7-8,11,14H,1-6H2,(H,12,13). The van der Waals surface area contributed by atoms with Crippen LogP contribution in [0.2, 0.25) is 6.32 Å². The third kappa shape index (κ3) is 3.31. The van der Waals surface area contributed by atoms with Crippen LogP contribution >= 0.6 is 0 Å². The zero-order chi connectivity index (χ0) is 10.4. The molecule has 1 saturated heterocycles. The SMILES string of the molecule is O=C(O)C1NCCCC1CCC[B]O. The van der Waals surface area contributed by atoms with Crippen LogP contribution in [0.3, 0.4) is 0 Å². The smallest absolute Gasteiger partial charge is 0.320 e. The van der Waals surface area contributed by atoms with Gasteiger partial charge in [0.25, 0.3) is 7.48 Å². The van der Waals surface area contributed by atoms with Crippen LogP contribution in [0.5, 0.6) is 0 Å². The Morgan fingerprint density at radius 3 is 3.00 bits per heavy atom. The molecular formula is C9H17BNO3. The van der Waals surface area contributed by atoms with Gasteiger partial charge >= 0.3 is 5.97 Å². The average molecular weight is 198 g/mol. The van der Waals surface area contributed by atoms with Gasteiger partial charge < -0.3 is 15.4 Å². The predicted octanol–water partition coefficient (Wildman–Crippen LogP) is 0.249. The molecular weight excluding hydrogens is 181 g/mol. The lowest BCUT2D eigenvalue weighted by molar-refractivity contribution is -0.141. The molecule has 1 radical (unpaired) electrons. The molecule has 0 aliphatic carbocycles. The number of carboxylic acids is 1. The number of aliphatic carboxylic acids is 1. The Balaban J connectivity index is 2.34. The number of piperidine rings is 1. The molecule has 1 rings (SSSR count). The molecule has 1 aliphatic rings. The van der Waals surface area contributed by atoms with E-state index in [1.165, 1.54) is 0 Å². The maximum Gasteiger partial charge on any atom is 0.320 e. The van der Waals surface area contributed by atoms with Crippen molar-refractivity contribution in [3.63, 3.8) is 0 Å². The highest BCUT2D eigenvalue weighted by atomic mass is 16.4. The Kier molecular flexibility index (Phi) is 4.97. The van der Waals surface area contributed by atoms with Crippen molar-refractivity contribution < 1.29 is 14.9 Å². The number of hydrogen-bond donors (Lipinski definition) is 3. The minimum absolute atomic E-state index is 0.223. The highest BCUT2D eigenvalue weighted by Crippen LogP contribution is 2.22. The summed E-state index contributed by atoms with van der Waals surface area (Å²) in [5.41, 5.74) is 0. The van der Waals surface area contributed by atoms with E-state index in [2.05, 4.69) is 5.32 Å². The fourth-order valence-corrected chi connectivity index (χ4v) is 2.03. The first-order valence-corrected chi connectivity index (χ1v) is 5.17. The first-order chi connectivity index (χ1) is 6.75. The van der Waals surface area contributed by atoms with Gasteiger partial charge in [0, 0.05) is 0 Å². The molecule has 79 valence electrons. The van der Waals surface area contributed by atoms with E-state index in [9.17, 15) is 4.79 Å². The van der Waals surface area contributed by atoms with Crippen LogP contribution in [-0.4, -0.2) is 36.2 Å². The number of hydrogen-bond acceptors (Lipinski definition) is 3. The summed E-state index contributed by atoms with van der Waals surface area (Å²) in [7, 11) is 1.14. The zero-order valence-corrected chi connectivity index (χ0v) is 8.28. The Morgan fingerprint density at radius 1 is 1.57 bits per heavy atom. The maximum atomic E-state index is 10.9. The molecule has 2 atom stereocenters. The monoisotopic (exact) mass is 198 g/mol. The molecule has 0 aromatic rings. The summed E-state index contributed by atoms with van der Waals surface area (Å²) < 4.78 is 0. The van der Waals surface area contributed by atoms with E-state index in [0.29, 0.717) is 6.32 Å². The van der Waals surface area contributed by atoms with E-state index in [1.54, 1.807) is 0 Å². The molecule has 14 heavy (non-hydrogen) atoms. The molecule has 4 nitrogen and oxygen atoms in total. The van der Waals surface area contributed by atoms with Crippen molar-refractivity contribution in [2.75, 3.05) is 6.54 Å². The molecule has 0 aromatic heterocycles. The van der Waals surface area contributed by atoms with Crippen LogP contribution in [0, 0.1) is 5.92 Å². The molecule has 0 spiro atoms.